The molecule has 104 valence electrons. The average molecular weight is 262 g/mol. The maximum Gasteiger partial charge on any atom is 0.184 e. The van der Waals surface area contributed by atoms with Crippen molar-refractivity contribution in [2.45, 2.75) is 63.4 Å². The highest BCUT2D eigenvalue weighted by Crippen LogP contribution is 2.57. The number of rotatable bonds is 2. The van der Waals surface area contributed by atoms with E-state index in [9.17, 15) is 4.79 Å². The SMILES string of the molecule is C[C@@H]1O[C@@H](OC23CC4CC(CC(C4)C2)C3)C=CC1=O. The van der Waals surface area contributed by atoms with Gasteiger partial charge in [-0.2, -0.15) is 0 Å². The zero-order valence-corrected chi connectivity index (χ0v) is 11.5. The van der Waals surface area contributed by atoms with E-state index in [2.05, 4.69) is 0 Å². The minimum absolute atomic E-state index is 0.0455. The highest BCUT2D eigenvalue weighted by Gasteiger charge is 2.52. The second kappa shape index (κ2) is 4.16. The van der Waals surface area contributed by atoms with Crippen molar-refractivity contribution in [2.75, 3.05) is 0 Å². The van der Waals surface area contributed by atoms with Crippen molar-refractivity contribution in [3.05, 3.63) is 12.2 Å². The van der Waals surface area contributed by atoms with Gasteiger partial charge in [-0.25, -0.2) is 0 Å². The Bertz CT molecular complexity index is 390. The summed E-state index contributed by atoms with van der Waals surface area (Å²) < 4.78 is 12.0. The number of carbonyl (C=O) groups excluding carboxylic acids is 1. The summed E-state index contributed by atoms with van der Waals surface area (Å²) in [5.74, 6) is 2.67. The van der Waals surface area contributed by atoms with Crippen LogP contribution in [0.4, 0.5) is 0 Å². The van der Waals surface area contributed by atoms with Gasteiger partial charge in [0.15, 0.2) is 12.1 Å². The fourth-order valence-corrected chi connectivity index (χ4v) is 5.11. The molecule has 0 amide bonds. The molecular weight excluding hydrogens is 240 g/mol. The molecule has 0 saturated heterocycles. The molecule has 0 aromatic rings. The Morgan fingerprint density at radius 3 is 2.26 bits per heavy atom. The second-order valence-electron chi connectivity index (χ2n) is 7.13. The summed E-state index contributed by atoms with van der Waals surface area (Å²) >= 11 is 0. The molecule has 0 N–H and O–H groups in total. The smallest absolute Gasteiger partial charge is 0.184 e. The van der Waals surface area contributed by atoms with Crippen molar-refractivity contribution >= 4 is 5.78 Å². The van der Waals surface area contributed by atoms with Crippen molar-refractivity contribution in [3.8, 4) is 0 Å². The summed E-state index contributed by atoms with van der Waals surface area (Å²) in [6.07, 6.45) is 10.6. The Labute approximate surface area is 114 Å². The lowest BCUT2D eigenvalue weighted by molar-refractivity contribution is -0.248. The van der Waals surface area contributed by atoms with Gasteiger partial charge < -0.3 is 9.47 Å². The summed E-state index contributed by atoms with van der Waals surface area (Å²) in [5, 5.41) is 0. The number of hydrogen-bond donors (Lipinski definition) is 0. The van der Waals surface area contributed by atoms with Crippen LogP contribution < -0.4 is 0 Å². The molecule has 5 rings (SSSR count). The maximum absolute atomic E-state index is 11.4. The van der Waals surface area contributed by atoms with Crippen molar-refractivity contribution in [2.24, 2.45) is 17.8 Å². The molecule has 4 fully saturated rings. The van der Waals surface area contributed by atoms with Crippen LogP contribution in [0.3, 0.4) is 0 Å². The molecule has 0 radical (unpaired) electrons. The minimum Gasteiger partial charge on any atom is -0.342 e. The van der Waals surface area contributed by atoms with Gasteiger partial charge in [-0.1, -0.05) is 0 Å². The van der Waals surface area contributed by atoms with Gasteiger partial charge in [-0.3, -0.25) is 4.79 Å². The monoisotopic (exact) mass is 262 g/mol. The summed E-state index contributed by atoms with van der Waals surface area (Å²) in [5.41, 5.74) is 0.0455. The third kappa shape index (κ3) is 2.07. The van der Waals surface area contributed by atoms with Crippen LogP contribution in [-0.4, -0.2) is 23.8 Å². The van der Waals surface area contributed by atoms with Gasteiger partial charge >= 0.3 is 0 Å². The molecule has 4 saturated carbocycles. The van der Waals surface area contributed by atoms with E-state index in [1.165, 1.54) is 38.5 Å². The van der Waals surface area contributed by atoms with Crippen LogP contribution in [0.25, 0.3) is 0 Å². The molecule has 5 aliphatic rings. The lowest BCUT2D eigenvalue weighted by Crippen LogP contribution is -2.54. The summed E-state index contributed by atoms with van der Waals surface area (Å²) in [4.78, 5) is 11.4. The topological polar surface area (TPSA) is 35.5 Å². The van der Waals surface area contributed by atoms with Crippen LogP contribution in [-0.2, 0) is 14.3 Å². The first-order valence-electron chi connectivity index (χ1n) is 7.67. The van der Waals surface area contributed by atoms with E-state index in [4.69, 9.17) is 9.47 Å². The van der Waals surface area contributed by atoms with Crippen molar-refractivity contribution in [1.82, 2.24) is 0 Å². The van der Waals surface area contributed by atoms with Crippen molar-refractivity contribution in [3.63, 3.8) is 0 Å². The first-order valence-corrected chi connectivity index (χ1v) is 7.67. The third-order valence-electron chi connectivity index (χ3n) is 5.50. The van der Waals surface area contributed by atoms with Crippen molar-refractivity contribution in [1.29, 1.82) is 0 Å². The molecule has 0 aromatic heterocycles. The Morgan fingerprint density at radius 2 is 1.74 bits per heavy atom. The highest BCUT2D eigenvalue weighted by molar-refractivity contribution is 5.93. The van der Waals surface area contributed by atoms with Crippen LogP contribution in [0.15, 0.2) is 12.2 Å². The van der Waals surface area contributed by atoms with E-state index in [0.29, 0.717) is 0 Å². The summed E-state index contributed by atoms with van der Waals surface area (Å²) in [7, 11) is 0. The third-order valence-corrected chi connectivity index (χ3v) is 5.50. The lowest BCUT2D eigenvalue weighted by Gasteiger charge is -2.56. The van der Waals surface area contributed by atoms with Crippen LogP contribution in [0.2, 0.25) is 0 Å². The fraction of sp³-hybridized carbons (Fsp3) is 0.812. The molecule has 0 spiro atoms. The zero-order chi connectivity index (χ0) is 13.0. The van der Waals surface area contributed by atoms with Gasteiger partial charge in [0.05, 0.1) is 5.60 Å². The quantitative estimate of drug-likeness (QED) is 0.767. The van der Waals surface area contributed by atoms with E-state index in [-0.39, 0.29) is 23.8 Å². The lowest BCUT2D eigenvalue weighted by atomic mass is 9.54. The van der Waals surface area contributed by atoms with Gasteiger partial charge in [-0.15, -0.1) is 0 Å². The molecule has 3 nitrogen and oxygen atoms in total. The predicted octanol–water partition coefficient (Wildman–Crippen LogP) is 2.84. The van der Waals surface area contributed by atoms with Gasteiger partial charge in [0.25, 0.3) is 0 Å². The first kappa shape index (κ1) is 12.1. The molecular formula is C16H22O3. The number of carbonyl (C=O) groups is 1. The Hall–Kier alpha value is -0.670. The van der Waals surface area contributed by atoms with Gasteiger partial charge in [0.2, 0.25) is 0 Å². The maximum atomic E-state index is 11.4. The Balaban J connectivity index is 1.51. The molecule has 0 aromatic carbocycles. The molecule has 2 atom stereocenters. The Morgan fingerprint density at radius 1 is 1.16 bits per heavy atom. The molecule has 19 heavy (non-hydrogen) atoms. The Kier molecular flexibility index (Phi) is 2.65. The molecule has 1 heterocycles. The van der Waals surface area contributed by atoms with Gasteiger partial charge in [-0.05, 0) is 75.4 Å². The van der Waals surface area contributed by atoms with Crippen LogP contribution in [0.5, 0.6) is 0 Å². The minimum atomic E-state index is -0.357. The first-order chi connectivity index (χ1) is 9.12. The number of ketones is 1. The van der Waals surface area contributed by atoms with E-state index in [1.54, 1.807) is 12.2 Å². The largest absolute Gasteiger partial charge is 0.342 e. The normalized spacial score (nSPS) is 51.8. The van der Waals surface area contributed by atoms with Crippen LogP contribution >= 0.6 is 0 Å². The molecule has 3 heteroatoms. The van der Waals surface area contributed by atoms with Crippen LogP contribution in [0.1, 0.15) is 45.4 Å². The molecule has 0 unspecified atom stereocenters. The molecule has 4 aliphatic carbocycles. The van der Waals surface area contributed by atoms with Crippen LogP contribution in [0, 0.1) is 17.8 Å². The van der Waals surface area contributed by atoms with E-state index in [0.717, 1.165) is 17.8 Å². The van der Waals surface area contributed by atoms with Gasteiger partial charge in [0, 0.05) is 0 Å². The van der Waals surface area contributed by atoms with E-state index >= 15 is 0 Å². The molecule has 4 bridgehead atoms. The summed E-state index contributed by atoms with van der Waals surface area (Å²) in [6.45, 7) is 1.81. The predicted molar refractivity (Wildman–Crippen MR) is 70.5 cm³/mol. The fourth-order valence-electron chi connectivity index (χ4n) is 5.11. The summed E-state index contributed by atoms with van der Waals surface area (Å²) in [6, 6.07) is 0. The standard InChI is InChI=1S/C16H22O3/c1-10-14(17)2-3-15(18-10)19-16-7-11-4-12(8-16)6-13(5-11)9-16/h2-3,10-13,15H,4-9H2,1H3/t10-,11?,12?,13?,15-,16?/m0/s1. The number of hydrogen-bond acceptors (Lipinski definition) is 3. The van der Waals surface area contributed by atoms with Crippen molar-refractivity contribution < 1.29 is 14.3 Å². The number of ether oxygens (including phenoxy) is 2. The van der Waals surface area contributed by atoms with E-state index in [1.807, 2.05) is 6.92 Å². The highest BCUT2D eigenvalue weighted by atomic mass is 16.7. The van der Waals surface area contributed by atoms with E-state index < -0.39 is 0 Å². The molecule has 1 aliphatic heterocycles. The zero-order valence-electron chi connectivity index (χ0n) is 11.5. The second-order valence-corrected chi connectivity index (χ2v) is 7.13. The average Bonchev–Trinajstić information content (AvgIpc) is 2.31. The van der Waals surface area contributed by atoms with Gasteiger partial charge in [0.1, 0.15) is 6.10 Å².